The molecular weight excluding hydrogens is 524 g/mol. The van der Waals surface area contributed by atoms with E-state index in [9.17, 15) is 9.59 Å². The summed E-state index contributed by atoms with van der Waals surface area (Å²) in [4.78, 5) is 31.1. The lowest BCUT2D eigenvalue weighted by Gasteiger charge is -2.38. The lowest BCUT2D eigenvalue weighted by atomic mass is 10.0. The van der Waals surface area contributed by atoms with Gasteiger partial charge in [-0.1, -0.05) is 57.4 Å². The lowest BCUT2D eigenvalue weighted by Crippen LogP contribution is -2.47. The third-order valence-corrected chi connectivity index (χ3v) is 8.07. The average Bonchev–Trinajstić information content (AvgIpc) is 3.03. The quantitative estimate of drug-likeness (QED) is 0.218. The maximum absolute atomic E-state index is 13.4. The number of nitrogens with zero attached hydrogens (tertiary/aromatic N) is 2. The normalized spacial score (nSPS) is 13.9. The van der Waals surface area contributed by atoms with Gasteiger partial charge in [0.15, 0.2) is 0 Å². The summed E-state index contributed by atoms with van der Waals surface area (Å²) in [5.41, 5.74) is 4.99. The third-order valence-electron chi connectivity index (χ3n) is 8.07. The second kappa shape index (κ2) is 15.3. The van der Waals surface area contributed by atoms with E-state index in [4.69, 9.17) is 4.74 Å². The van der Waals surface area contributed by atoms with Crippen LogP contribution in [0, 0.1) is 0 Å². The lowest BCUT2D eigenvalue weighted by molar-refractivity contribution is 0.0938. The van der Waals surface area contributed by atoms with Crippen molar-refractivity contribution >= 4 is 28.9 Å². The Labute approximate surface area is 251 Å². The van der Waals surface area contributed by atoms with E-state index in [-0.39, 0.29) is 17.9 Å². The van der Waals surface area contributed by atoms with Gasteiger partial charge >= 0.3 is 0 Å². The second-order valence-electron chi connectivity index (χ2n) is 11.1. The minimum absolute atomic E-state index is 0.0477. The minimum Gasteiger partial charge on any atom is -0.495 e. The van der Waals surface area contributed by atoms with Crippen molar-refractivity contribution in [3.8, 4) is 5.75 Å². The van der Waals surface area contributed by atoms with E-state index >= 15 is 0 Å². The molecule has 1 aliphatic heterocycles. The van der Waals surface area contributed by atoms with Crippen LogP contribution in [0.25, 0.3) is 0 Å². The Kier molecular flexibility index (Phi) is 11.3. The molecule has 3 aromatic rings. The van der Waals surface area contributed by atoms with Gasteiger partial charge in [0.2, 0.25) is 0 Å². The van der Waals surface area contributed by atoms with Crippen molar-refractivity contribution in [2.45, 2.75) is 65.3 Å². The summed E-state index contributed by atoms with van der Waals surface area (Å²) in [6.45, 7) is 9.40. The molecule has 3 aromatic carbocycles. The van der Waals surface area contributed by atoms with Crippen molar-refractivity contribution in [2.24, 2.45) is 0 Å². The summed E-state index contributed by atoms with van der Waals surface area (Å²) in [6.07, 6.45) is 6.76. The van der Waals surface area contributed by atoms with Crippen LogP contribution in [0.2, 0.25) is 0 Å². The number of carbonyl (C=O) groups excluding carboxylic acids is 2. The van der Waals surface area contributed by atoms with Crippen molar-refractivity contribution in [1.29, 1.82) is 0 Å². The van der Waals surface area contributed by atoms with Gasteiger partial charge in [-0.3, -0.25) is 9.59 Å². The summed E-state index contributed by atoms with van der Waals surface area (Å²) in [5, 5.41) is 6.12. The first-order chi connectivity index (χ1) is 20.4. The van der Waals surface area contributed by atoms with Gasteiger partial charge in [0.05, 0.1) is 18.4 Å². The van der Waals surface area contributed by atoms with Crippen molar-refractivity contribution < 1.29 is 14.3 Å². The molecule has 0 aromatic heterocycles. The molecule has 0 saturated carbocycles. The van der Waals surface area contributed by atoms with Crippen LogP contribution in [0.15, 0.2) is 66.7 Å². The van der Waals surface area contributed by atoms with E-state index in [1.165, 1.54) is 31.2 Å². The summed E-state index contributed by atoms with van der Waals surface area (Å²) >= 11 is 0. The highest BCUT2D eigenvalue weighted by Crippen LogP contribution is 2.31. The van der Waals surface area contributed by atoms with Crippen molar-refractivity contribution in [1.82, 2.24) is 5.32 Å². The maximum atomic E-state index is 13.4. The van der Waals surface area contributed by atoms with Crippen LogP contribution >= 0.6 is 0 Å². The molecule has 0 radical (unpaired) electrons. The predicted octanol–water partition coefficient (Wildman–Crippen LogP) is 6.93. The standard InChI is InChI=1S/C35H46N4O3/c1-5-7-8-9-12-27-15-17-28(18-16-27)34(40)37-29-19-20-31(30(25-29)35(41)36-26(3)6-2)38-21-23-39(24-22-38)32-13-10-11-14-33(32)42-4/h10-11,13-20,25-26H,5-9,12,21-24H2,1-4H3,(H,36,41)(H,37,40)/t26-/m1/s1. The molecule has 42 heavy (non-hydrogen) atoms. The Bertz CT molecular complexity index is 1320. The number of anilines is 3. The SMILES string of the molecule is CCCCCCc1ccc(C(=O)Nc2ccc(N3CCN(c4ccccc4OC)CC3)c(C(=O)N[C@H](C)CC)c2)cc1. The van der Waals surface area contributed by atoms with Crippen LogP contribution in [0.4, 0.5) is 17.1 Å². The number of piperazine rings is 1. The number of benzene rings is 3. The minimum atomic E-state index is -0.181. The molecule has 4 rings (SSSR count). The number of rotatable bonds is 13. The Hall–Kier alpha value is -4.00. The molecular formula is C35H46N4O3. The Balaban J connectivity index is 1.47. The number of hydrogen-bond acceptors (Lipinski definition) is 5. The Morgan fingerprint density at radius 3 is 2.19 bits per heavy atom. The zero-order valence-electron chi connectivity index (χ0n) is 25.6. The summed E-state index contributed by atoms with van der Waals surface area (Å²) in [6, 6.07) is 21.6. The smallest absolute Gasteiger partial charge is 0.255 e. The number of para-hydroxylation sites is 2. The van der Waals surface area contributed by atoms with Gasteiger partial charge in [-0.15, -0.1) is 0 Å². The van der Waals surface area contributed by atoms with Crippen molar-refractivity contribution in [2.75, 3.05) is 48.4 Å². The summed E-state index contributed by atoms with van der Waals surface area (Å²) in [7, 11) is 1.70. The third kappa shape index (κ3) is 8.05. The van der Waals surface area contributed by atoms with Gasteiger partial charge < -0.3 is 25.2 Å². The number of methoxy groups -OCH3 is 1. The van der Waals surface area contributed by atoms with Crippen LogP contribution in [0.5, 0.6) is 5.75 Å². The molecule has 1 saturated heterocycles. The molecule has 7 nitrogen and oxygen atoms in total. The first-order valence-electron chi connectivity index (χ1n) is 15.4. The molecule has 1 heterocycles. The van der Waals surface area contributed by atoms with Crippen LogP contribution in [-0.4, -0.2) is 51.1 Å². The van der Waals surface area contributed by atoms with Crippen molar-refractivity contribution in [3.05, 3.63) is 83.4 Å². The molecule has 0 aliphatic carbocycles. The van der Waals surface area contributed by atoms with Crippen LogP contribution < -0.4 is 25.2 Å². The molecule has 7 heteroatoms. The number of carbonyl (C=O) groups is 2. The first-order valence-corrected chi connectivity index (χ1v) is 15.4. The molecule has 0 spiro atoms. The van der Waals surface area contributed by atoms with E-state index in [2.05, 4.69) is 40.3 Å². The van der Waals surface area contributed by atoms with Crippen molar-refractivity contribution in [3.63, 3.8) is 0 Å². The molecule has 224 valence electrons. The largest absolute Gasteiger partial charge is 0.495 e. The number of unbranched alkanes of at least 4 members (excludes halogenated alkanes) is 3. The first kappa shape index (κ1) is 30.9. The maximum Gasteiger partial charge on any atom is 0.255 e. The molecule has 2 N–H and O–H groups in total. The number of ether oxygens (including phenoxy) is 1. The highest BCUT2D eigenvalue weighted by atomic mass is 16.5. The molecule has 2 amide bonds. The fourth-order valence-electron chi connectivity index (χ4n) is 5.34. The fourth-order valence-corrected chi connectivity index (χ4v) is 5.34. The van der Waals surface area contributed by atoms with E-state index in [0.717, 1.165) is 56.1 Å². The van der Waals surface area contributed by atoms with E-state index < -0.39 is 0 Å². The topological polar surface area (TPSA) is 73.9 Å². The highest BCUT2D eigenvalue weighted by Gasteiger charge is 2.24. The van der Waals surface area contributed by atoms with E-state index in [0.29, 0.717) is 16.8 Å². The number of nitrogens with one attached hydrogen (secondary N) is 2. The van der Waals surface area contributed by atoms with E-state index in [1.807, 2.05) is 61.5 Å². The van der Waals surface area contributed by atoms with Crippen LogP contribution in [-0.2, 0) is 6.42 Å². The zero-order chi connectivity index (χ0) is 29.9. The highest BCUT2D eigenvalue weighted by molar-refractivity contribution is 6.06. The van der Waals surface area contributed by atoms with Gasteiger partial charge in [0.25, 0.3) is 11.8 Å². The van der Waals surface area contributed by atoms with Crippen LogP contribution in [0.1, 0.15) is 79.2 Å². The number of amides is 2. The number of hydrogen-bond donors (Lipinski definition) is 2. The second-order valence-corrected chi connectivity index (χ2v) is 11.1. The Morgan fingerprint density at radius 1 is 0.833 bits per heavy atom. The van der Waals surface area contributed by atoms with E-state index in [1.54, 1.807) is 13.2 Å². The van der Waals surface area contributed by atoms with Gasteiger partial charge in [0, 0.05) is 49.2 Å². The molecule has 0 bridgehead atoms. The molecule has 1 atom stereocenters. The van der Waals surface area contributed by atoms with Gasteiger partial charge in [-0.25, -0.2) is 0 Å². The predicted molar refractivity (Wildman–Crippen MR) is 173 cm³/mol. The molecule has 1 fully saturated rings. The molecule has 1 aliphatic rings. The average molecular weight is 571 g/mol. The van der Waals surface area contributed by atoms with Gasteiger partial charge in [-0.05, 0) is 74.2 Å². The zero-order valence-corrected chi connectivity index (χ0v) is 25.6. The van der Waals surface area contributed by atoms with Gasteiger partial charge in [0.1, 0.15) is 5.75 Å². The number of aryl methyl sites for hydroxylation is 1. The van der Waals surface area contributed by atoms with Crippen LogP contribution in [0.3, 0.4) is 0 Å². The molecule has 0 unspecified atom stereocenters. The van der Waals surface area contributed by atoms with Gasteiger partial charge in [-0.2, -0.15) is 0 Å². The summed E-state index contributed by atoms with van der Waals surface area (Å²) < 4.78 is 5.57. The monoisotopic (exact) mass is 570 g/mol. The summed E-state index contributed by atoms with van der Waals surface area (Å²) in [5.74, 6) is 0.551. The fraction of sp³-hybridized carbons (Fsp3) is 0.429. The Morgan fingerprint density at radius 2 is 1.52 bits per heavy atom.